The van der Waals surface area contributed by atoms with Gasteiger partial charge in [0, 0.05) is 6.54 Å². The van der Waals surface area contributed by atoms with Crippen LogP contribution in [0.5, 0.6) is 0 Å². The third-order valence-corrected chi connectivity index (χ3v) is 6.35. The summed E-state index contributed by atoms with van der Waals surface area (Å²) in [6.45, 7) is 5.83. The summed E-state index contributed by atoms with van der Waals surface area (Å²) in [4.78, 5) is 0. The molecule has 0 spiro atoms. The Bertz CT molecular complexity index is 520. The lowest BCUT2D eigenvalue weighted by atomic mass is 10.0. The van der Waals surface area contributed by atoms with E-state index in [2.05, 4.69) is 43.4 Å². The molecule has 0 bridgehead atoms. The molecule has 0 saturated carbocycles. The van der Waals surface area contributed by atoms with Gasteiger partial charge in [-0.05, 0) is 42.9 Å². The molecule has 112 valence electrons. The van der Waals surface area contributed by atoms with Gasteiger partial charge in [0.2, 0.25) is 0 Å². The van der Waals surface area contributed by atoms with Gasteiger partial charge in [-0.25, -0.2) is 8.42 Å². The molecule has 1 fully saturated rings. The quantitative estimate of drug-likeness (QED) is 0.820. The summed E-state index contributed by atoms with van der Waals surface area (Å²) in [5.74, 6) is 0.936. The second kappa shape index (κ2) is 6.72. The van der Waals surface area contributed by atoms with Crippen LogP contribution < -0.4 is 5.32 Å². The summed E-state index contributed by atoms with van der Waals surface area (Å²) in [5, 5.41) is 3.13. The molecular weight excluding hydrogens is 270 g/mol. The van der Waals surface area contributed by atoms with Crippen LogP contribution in [0.3, 0.4) is 0 Å². The Balaban J connectivity index is 1.73. The lowest BCUT2D eigenvalue weighted by Gasteiger charge is -2.11. The van der Waals surface area contributed by atoms with Crippen molar-refractivity contribution in [3.05, 3.63) is 35.4 Å². The third kappa shape index (κ3) is 4.06. The molecule has 0 radical (unpaired) electrons. The van der Waals surface area contributed by atoms with Crippen molar-refractivity contribution < 1.29 is 8.42 Å². The first-order valence-corrected chi connectivity index (χ1v) is 9.22. The number of nitrogens with one attached hydrogen (secondary N) is 1. The predicted octanol–water partition coefficient (Wildman–Crippen LogP) is 2.52. The molecule has 0 aliphatic carbocycles. The molecule has 1 aromatic rings. The molecule has 1 heterocycles. The van der Waals surface area contributed by atoms with E-state index in [0.717, 1.165) is 25.8 Å². The summed E-state index contributed by atoms with van der Waals surface area (Å²) >= 11 is 0. The molecule has 4 heteroatoms. The van der Waals surface area contributed by atoms with Gasteiger partial charge >= 0.3 is 0 Å². The van der Waals surface area contributed by atoms with Crippen molar-refractivity contribution in [2.45, 2.75) is 44.3 Å². The molecule has 1 atom stereocenters. The zero-order valence-electron chi connectivity index (χ0n) is 12.4. The smallest absolute Gasteiger partial charge is 0.154 e. The van der Waals surface area contributed by atoms with Crippen molar-refractivity contribution in [2.75, 3.05) is 18.8 Å². The van der Waals surface area contributed by atoms with Crippen molar-refractivity contribution in [2.24, 2.45) is 0 Å². The van der Waals surface area contributed by atoms with E-state index >= 15 is 0 Å². The predicted molar refractivity (Wildman–Crippen MR) is 83.9 cm³/mol. The lowest BCUT2D eigenvalue weighted by Crippen LogP contribution is -2.31. The maximum atomic E-state index is 11.7. The Morgan fingerprint density at radius 1 is 1.25 bits per heavy atom. The van der Waals surface area contributed by atoms with Gasteiger partial charge in [-0.3, -0.25) is 0 Å². The highest BCUT2D eigenvalue weighted by atomic mass is 32.2. The molecule has 0 amide bonds. The highest BCUT2D eigenvalue weighted by molar-refractivity contribution is 7.92. The van der Waals surface area contributed by atoms with Gasteiger partial charge in [-0.15, -0.1) is 0 Å². The van der Waals surface area contributed by atoms with E-state index in [-0.39, 0.29) is 5.25 Å². The molecule has 2 rings (SSSR count). The topological polar surface area (TPSA) is 46.2 Å². The average molecular weight is 295 g/mol. The Morgan fingerprint density at radius 2 is 1.95 bits per heavy atom. The SMILES string of the molecule is CC(C)c1ccc(CCNCC2CCCS2(=O)=O)cc1. The Labute approximate surface area is 122 Å². The van der Waals surface area contributed by atoms with E-state index in [1.165, 1.54) is 11.1 Å². The largest absolute Gasteiger partial charge is 0.315 e. The maximum absolute atomic E-state index is 11.7. The Morgan fingerprint density at radius 3 is 2.50 bits per heavy atom. The van der Waals surface area contributed by atoms with Crippen LogP contribution in [0.15, 0.2) is 24.3 Å². The van der Waals surface area contributed by atoms with E-state index < -0.39 is 9.84 Å². The fourth-order valence-corrected chi connectivity index (χ4v) is 4.45. The Kier molecular flexibility index (Phi) is 5.22. The molecule has 0 aromatic heterocycles. The number of hydrogen-bond acceptors (Lipinski definition) is 3. The van der Waals surface area contributed by atoms with Crippen molar-refractivity contribution in [3.8, 4) is 0 Å². The van der Waals surface area contributed by atoms with Crippen molar-refractivity contribution in [1.29, 1.82) is 0 Å². The summed E-state index contributed by atoms with van der Waals surface area (Å²) in [7, 11) is -2.81. The van der Waals surface area contributed by atoms with Crippen molar-refractivity contribution in [3.63, 3.8) is 0 Å². The molecule has 20 heavy (non-hydrogen) atoms. The van der Waals surface area contributed by atoms with Gasteiger partial charge in [-0.1, -0.05) is 38.1 Å². The molecule has 1 saturated heterocycles. The maximum Gasteiger partial charge on any atom is 0.154 e. The van der Waals surface area contributed by atoms with E-state index in [9.17, 15) is 8.42 Å². The normalized spacial score (nSPS) is 21.4. The van der Waals surface area contributed by atoms with Gasteiger partial charge < -0.3 is 5.32 Å². The van der Waals surface area contributed by atoms with Gasteiger partial charge in [0.1, 0.15) is 0 Å². The fourth-order valence-electron chi connectivity index (χ4n) is 2.65. The number of hydrogen-bond donors (Lipinski definition) is 1. The van der Waals surface area contributed by atoms with Crippen molar-refractivity contribution in [1.82, 2.24) is 5.32 Å². The summed E-state index contributed by atoms with van der Waals surface area (Å²) in [6, 6.07) is 8.70. The summed E-state index contributed by atoms with van der Waals surface area (Å²) in [6.07, 6.45) is 2.59. The molecular formula is C16H25NO2S. The highest BCUT2D eigenvalue weighted by Gasteiger charge is 2.30. The molecule has 1 N–H and O–H groups in total. The van der Waals surface area contributed by atoms with E-state index in [4.69, 9.17) is 0 Å². The van der Waals surface area contributed by atoms with Gasteiger partial charge in [0.25, 0.3) is 0 Å². The number of sulfone groups is 1. The van der Waals surface area contributed by atoms with Crippen LogP contribution in [0.25, 0.3) is 0 Å². The minimum atomic E-state index is -2.81. The zero-order valence-corrected chi connectivity index (χ0v) is 13.2. The van der Waals surface area contributed by atoms with Crippen LogP contribution in [0, 0.1) is 0 Å². The minimum absolute atomic E-state index is 0.161. The molecule has 1 aromatic carbocycles. The van der Waals surface area contributed by atoms with E-state index in [1.54, 1.807) is 0 Å². The Hall–Kier alpha value is -0.870. The monoisotopic (exact) mass is 295 g/mol. The standard InChI is InChI=1S/C16H25NO2S/c1-13(2)15-7-5-14(6-8-15)9-10-17-12-16-4-3-11-20(16,18)19/h5-8,13,16-17H,3-4,9-12H2,1-2H3. The van der Waals surface area contributed by atoms with Crippen LogP contribution >= 0.6 is 0 Å². The second-order valence-electron chi connectivity index (χ2n) is 5.98. The summed E-state index contributed by atoms with van der Waals surface area (Å²) < 4.78 is 23.4. The van der Waals surface area contributed by atoms with Gasteiger partial charge in [0.15, 0.2) is 9.84 Å². The van der Waals surface area contributed by atoms with Crippen LogP contribution in [-0.2, 0) is 16.3 Å². The zero-order chi connectivity index (χ0) is 14.6. The summed E-state index contributed by atoms with van der Waals surface area (Å²) in [5.41, 5.74) is 2.66. The van der Waals surface area contributed by atoms with Crippen LogP contribution in [0.4, 0.5) is 0 Å². The first-order chi connectivity index (χ1) is 9.49. The molecule has 1 unspecified atom stereocenters. The molecule has 1 aliphatic rings. The first kappa shape index (κ1) is 15.5. The highest BCUT2D eigenvalue weighted by Crippen LogP contribution is 2.19. The minimum Gasteiger partial charge on any atom is -0.315 e. The van der Waals surface area contributed by atoms with E-state index in [1.807, 2.05) is 0 Å². The van der Waals surface area contributed by atoms with Gasteiger partial charge in [-0.2, -0.15) is 0 Å². The first-order valence-electron chi connectivity index (χ1n) is 7.50. The van der Waals surface area contributed by atoms with Gasteiger partial charge in [0.05, 0.1) is 11.0 Å². The fraction of sp³-hybridized carbons (Fsp3) is 0.625. The van der Waals surface area contributed by atoms with Crippen molar-refractivity contribution >= 4 is 9.84 Å². The molecule has 1 aliphatic heterocycles. The average Bonchev–Trinajstić information content (AvgIpc) is 2.74. The number of rotatable bonds is 6. The van der Waals surface area contributed by atoms with Crippen LogP contribution in [0.2, 0.25) is 0 Å². The third-order valence-electron chi connectivity index (χ3n) is 4.07. The molecule has 3 nitrogen and oxygen atoms in total. The van der Waals surface area contributed by atoms with Crippen LogP contribution in [0.1, 0.15) is 43.7 Å². The lowest BCUT2D eigenvalue weighted by molar-refractivity contribution is 0.574. The van der Waals surface area contributed by atoms with Crippen LogP contribution in [-0.4, -0.2) is 32.5 Å². The van der Waals surface area contributed by atoms with E-state index in [0.29, 0.717) is 18.2 Å². The number of benzene rings is 1. The second-order valence-corrected chi connectivity index (χ2v) is 8.38.